The molecule has 0 aromatic rings. The Morgan fingerprint density at radius 1 is 1.33 bits per heavy atom. The lowest BCUT2D eigenvalue weighted by Crippen LogP contribution is -2.48. The van der Waals surface area contributed by atoms with Crippen molar-refractivity contribution in [2.45, 2.75) is 51.2 Å². The summed E-state index contributed by atoms with van der Waals surface area (Å²) in [6.45, 7) is 7.15. The first-order valence-electron chi connectivity index (χ1n) is 6.33. The maximum Gasteiger partial charge on any atom is 0.0587 e. The van der Waals surface area contributed by atoms with Crippen LogP contribution in [0.25, 0.3) is 0 Å². The molecule has 0 bridgehead atoms. The van der Waals surface area contributed by atoms with Gasteiger partial charge < -0.3 is 10.4 Å². The molecule has 2 heterocycles. The van der Waals surface area contributed by atoms with Gasteiger partial charge >= 0.3 is 0 Å². The summed E-state index contributed by atoms with van der Waals surface area (Å²) in [7, 11) is 0. The van der Waals surface area contributed by atoms with Crippen LogP contribution in [0.1, 0.15) is 33.1 Å². The van der Waals surface area contributed by atoms with E-state index in [0.717, 1.165) is 6.04 Å². The third-order valence-corrected chi connectivity index (χ3v) is 4.04. The molecule has 0 aliphatic carbocycles. The fourth-order valence-electron chi connectivity index (χ4n) is 3.01. The SMILES string of the molecule is CC(C)[C@@H](CO)NC1CCN2CCCC12. The molecule has 3 heteroatoms. The predicted octanol–water partition coefficient (Wildman–Crippen LogP) is 0.830. The van der Waals surface area contributed by atoms with Crippen LogP contribution >= 0.6 is 0 Å². The van der Waals surface area contributed by atoms with Gasteiger partial charge in [-0.25, -0.2) is 0 Å². The minimum atomic E-state index is 0.265. The number of nitrogens with zero attached hydrogens (tertiary/aromatic N) is 1. The molecule has 0 amide bonds. The molecule has 15 heavy (non-hydrogen) atoms. The van der Waals surface area contributed by atoms with Crippen LogP contribution < -0.4 is 5.32 Å². The number of rotatable bonds is 4. The number of aliphatic hydroxyl groups excluding tert-OH is 1. The smallest absolute Gasteiger partial charge is 0.0587 e. The molecule has 0 aromatic heterocycles. The Balaban J connectivity index is 1.88. The fourth-order valence-corrected chi connectivity index (χ4v) is 3.01. The van der Waals surface area contributed by atoms with Crippen molar-refractivity contribution in [3.63, 3.8) is 0 Å². The second kappa shape index (κ2) is 4.81. The van der Waals surface area contributed by atoms with Crippen LogP contribution in [0.5, 0.6) is 0 Å². The monoisotopic (exact) mass is 212 g/mol. The van der Waals surface area contributed by atoms with Gasteiger partial charge in [-0.2, -0.15) is 0 Å². The summed E-state index contributed by atoms with van der Waals surface area (Å²) in [5.41, 5.74) is 0. The Morgan fingerprint density at radius 3 is 2.80 bits per heavy atom. The summed E-state index contributed by atoms with van der Waals surface area (Å²) in [5.74, 6) is 0.519. The minimum Gasteiger partial charge on any atom is -0.395 e. The van der Waals surface area contributed by atoms with Crippen molar-refractivity contribution in [1.82, 2.24) is 10.2 Å². The Morgan fingerprint density at radius 2 is 2.13 bits per heavy atom. The van der Waals surface area contributed by atoms with Gasteiger partial charge in [0.25, 0.3) is 0 Å². The third kappa shape index (κ3) is 2.35. The van der Waals surface area contributed by atoms with Crippen LogP contribution in [0.2, 0.25) is 0 Å². The van der Waals surface area contributed by atoms with Gasteiger partial charge in [0.1, 0.15) is 0 Å². The summed E-state index contributed by atoms with van der Waals surface area (Å²) in [4.78, 5) is 2.60. The number of hydrogen-bond donors (Lipinski definition) is 2. The summed E-state index contributed by atoms with van der Waals surface area (Å²) in [6.07, 6.45) is 3.95. The first kappa shape index (κ1) is 11.4. The third-order valence-electron chi connectivity index (χ3n) is 4.04. The standard InChI is InChI=1S/C12H24N2O/c1-9(2)11(8-15)13-10-5-7-14-6-3-4-12(10)14/h9-13,15H,3-8H2,1-2H3/t10?,11-,12?/m1/s1. The minimum absolute atomic E-state index is 0.265. The van der Waals surface area contributed by atoms with Crippen LogP contribution in [0.4, 0.5) is 0 Å². The molecule has 2 unspecified atom stereocenters. The van der Waals surface area contributed by atoms with Gasteiger partial charge in [-0.3, -0.25) is 4.90 Å². The normalized spacial score (nSPS) is 33.6. The molecule has 3 atom stereocenters. The second-order valence-corrected chi connectivity index (χ2v) is 5.34. The van der Waals surface area contributed by atoms with E-state index in [1.807, 2.05) is 0 Å². The Hall–Kier alpha value is -0.120. The predicted molar refractivity (Wildman–Crippen MR) is 61.8 cm³/mol. The van der Waals surface area contributed by atoms with Crippen molar-refractivity contribution < 1.29 is 5.11 Å². The number of fused-ring (bicyclic) bond motifs is 1. The quantitative estimate of drug-likeness (QED) is 0.724. The molecular formula is C12H24N2O. The number of aliphatic hydroxyl groups is 1. The molecular weight excluding hydrogens is 188 g/mol. The summed E-state index contributed by atoms with van der Waals surface area (Å²) < 4.78 is 0. The summed E-state index contributed by atoms with van der Waals surface area (Å²) in [5, 5.41) is 13.0. The van der Waals surface area contributed by atoms with Gasteiger partial charge in [0, 0.05) is 24.7 Å². The molecule has 0 radical (unpaired) electrons. The zero-order valence-electron chi connectivity index (χ0n) is 9.95. The van der Waals surface area contributed by atoms with E-state index >= 15 is 0 Å². The molecule has 3 nitrogen and oxygen atoms in total. The van der Waals surface area contributed by atoms with Crippen LogP contribution in [-0.2, 0) is 0 Å². The van der Waals surface area contributed by atoms with E-state index in [9.17, 15) is 5.11 Å². The lowest BCUT2D eigenvalue weighted by Gasteiger charge is -2.28. The molecule has 0 aromatic carbocycles. The zero-order chi connectivity index (χ0) is 10.8. The van der Waals surface area contributed by atoms with Crippen molar-refractivity contribution in [2.24, 2.45) is 5.92 Å². The molecule has 2 fully saturated rings. The van der Waals surface area contributed by atoms with Gasteiger partial charge in [0.05, 0.1) is 6.61 Å². The Bertz CT molecular complexity index is 208. The lowest BCUT2D eigenvalue weighted by atomic mass is 10.0. The highest BCUT2D eigenvalue weighted by atomic mass is 16.3. The Kier molecular flexibility index (Phi) is 3.65. The highest BCUT2D eigenvalue weighted by molar-refractivity contribution is 4.96. The molecule has 0 spiro atoms. The van der Waals surface area contributed by atoms with Crippen molar-refractivity contribution in [1.29, 1.82) is 0 Å². The maximum absolute atomic E-state index is 9.32. The lowest BCUT2D eigenvalue weighted by molar-refractivity contribution is 0.188. The van der Waals surface area contributed by atoms with E-state index in [4.69, 9.17) is 0 Å². The van der Waals surface area contributed by atoms with Crippen molar-refractivity contribution in [3.05, 3.63) is 0 Å². The molecule has 2 N–H and O–H groups in total. The molecule has 2 aliphatic rings. The zero-order valence-corrected chi connectivity index (χ0v) is 9.95. The maximum atomic E-state index is 9.32. The molecule has 0 saturated carbocycles. The van der Waals surface area contributed by atoms with Crippen LogP contribution in [0.3, 0.4) is 0 Å². The van der Waals surface area contributed by atoms with Crippen LogP contribution in [0, 0.1) is 5.92 Å². The molecule has 88 valence electrons. The highest BCUT2D eigenvalue weighted by Crippen LogP contribution is 2.28. The van der Waals surface area contributed by atoms with Crippen LogP contribution in [-0.4, -0.2) is 47.8 Å². The highest BCUT2D eigenvalue weighted by Gasteiger charge is 2.37. The van der Waals surface area contributed by atoms with E-state index in [1.54, 1.807) is 0 Å². The average Bonchev–Trinajstić information content (AvgIpc) is 2.76. The largest absolute Gasteiger partial charge is 0.395 e. The van der Waals surface area contributed by atoms with E-state index in [-0.39, 0.29) is 12.6 Å². The fraction of sp³-hybridized carbons (Fsp3) is 1.00. The van der Waals surface area contributed by atoms with E-state index < -0.39 is 0 Å². The van der Waals surface area contributed by atoms with Gasteiger partial charge in [0.15, 0.2) is 0 Å². The average molecular weight is 212 g/mol. The van der Waals surface area contributed by atoms with Crippen LogP contribution in [0.15, 0.2) is 0 Å². The number of nitrogens with one attached hydrogen (secondary N) is 1. The first-order chi connectivity index (χ1) is 7.22. The van der Waals surface area contributed by atoms with Crippen molar-refractivity contribution in [2.75, 3.05) is 19.7 Å². The Labute approximate surface area is 92.8 Å². The number of hydrogen-bond acceptors (Lipinski definition) is 3. The molecule has 2 rings (SSSR count). The second-order valence-electron chi connectivity index (χ2n) is 5.34. The topological polar surface area (TPSA) is 35.5 Å². The van der Waals surface area contributed by atoms with Gasteiger partial charge in [0.2, 0.25) is 0 Å². The van der Waals surface area contributed by atoms with E-state index in [1.165, 1.54) is 32.4 Å². The summed E-state index contributed by atoms with van der Waals surface area (Å²) in [6, 6.07) is 1.64. The van der Waals surface area contributed by atoms with Gasteiger partial charge in [-0.15, -0.1) is 0 Å². The first-order valence-corrected chi connectivity index (χ1v) is 6.33. The van der Waals surface area contributed by atoms with Gasteiger partial charge in [-0.05, 0) is 31.7 Å². The molecule has 2 saturated heterocycles. The van der Waals surface area contributed by atoms with Crippen molar-refractivity contribution in [3.8, 4) is 0 Å². The van der Waals surface area contributed by atoms with Crippen molar-refractivity contribution >= 4 is 0 Å². The summed E-state index contributed by atoms with van der Waals surface area (Å²) >= 11 is 0. The molecule has 2 aliphatic heterocycles. The van der Waals surface area contributed by atoms with E-state index in [2.05, 4.69) is 24.1 Å². The van der Waals surface area contributed by atoms with E-state index in [0.29, 0.717) is 12.0 Å². The van der Waals surface area contributed by atoms with Gasteiger partial charge in [-0.1, -0.05) is 13.8 Å².